The largest absolute Gasteiger partial charge is 0.416 e. The second-order valence-electron chi connectivity index (χ2n) is 5.47. The molecule has 0 aliphatic rings. The molecule has 3 rings (SSSR count). The molecule has 0 saturated heterocycles. The van der Waals surface area contributed by atoms with E-state index in [1.165, 1.54) is 0 Å². The third-order valence-corrected chi connectivity index (χ3v) is 4.11. The minimum atomic E-state index is -4.43. The highest BCUT2D eigenvalue weighted by Crippen LogP contribution is 2.31. The number of nitrogens with one attached hydrogen (secondary N) is 1. The maximum Gasteiger partial charge on any atom is 0.416 e. The Bertz CT molecular complexity index is 940. The molecule has 0 radical (unpaired) electrons. The number of nitrogens with zero attached hydrogens (tertiary/aromatic N) is 1. The van der Waals surface area contributed by atoms with E-state index in [2.05, 4.69) is 26.2 Å². The number of carbonyl (C=O) groups excluding carboxylic acids is 1. The van der Waals surface area contributed by atoms with E-state index in [1.807, 2.05) is 6.07 Å². The number of amides is 1. The van der Waals surface area contributed by atoms with Crippen molar-refractivity contribution in [1.82, 2.24) is 4.98 Å². The molecule has 3 nitrogen and oxygen atoms in total. The van der Waals surface area contributed by atoms with Crippen molar-refractivity contribution >= 4 is 27.5 Å². The van der Waals surface area contributed by atoms with Crippen molar-refractivity contribution in [3.63, 3.8) is 0 Å². The second kappa shape index (κ2) is 7.29. The minimum Gasteiger partial charge on any atom is -0.322 e. The molecular formula is C19H12BrF3N2O. The van der Waals surface area contributed by atoms with Gasteiger partial charge < -0.3 is 5.32 Å². The van der Waals surface area contributed by atoms with Crippen LogP contribution in [-0.4, -0.2) is 10.9 Å². The summed E-state index contributed by atoms with van der Waals surface area (Å²) in [6.07, 6.45) is -3.31. The summed E-state index contributed by atoms with van der Waals surface area (Å²) in [5.41, 5.74) is 0.946. The van der Waals surface area contributed by atoms with Gasteiger partial charge in [0.1, 0.15) is 0 Å². The Balaban J connectivity index is 1.79. The first kappa shape index (κ1) is 18.1. The zero-order valence-corrected chi connectivity index (χ0v) is 14.8. The van der Waals surface area contributed by atoms with Crippen LogP contribution in [0.1, 0.15) is 15.9 Å². The van der Waals surface area contributed by atoms with E-state index in [0.717, 1.165) is 22.8 Å². The van der Waals surface area contributed by atoms with Gasteiger partial charge in [-0.2, -0.15) is 13.2 Å². The van der Waals surface area contributed by atoms with E-state index < -0.39 is 11.7 Å². The van der Waals surface area contributed by atoms with Crippen LogP contribution >= 0.6 is 15.9 Å². The molecule has 0 bridgehead atoms. The number of alkyl halides is 3. The van der Waals surface area contributed by atoms with Gasteiger partial charge in [0, 0.05) is 27.5 Å². The van der Waals surface area contributed by atoms with Crippen LogP contribution in [0.25, 0.3) is 11.3 Å². The van der Waals surface area contributed by atoms with E-state index in [9.17, 15) is 18.0 Å². The number of anilines is 1. The van der Waals surface area contributed by atoms with Crippen molar-refractivity contribution in [2.75, 3.05) is 5.32 Å². The highest BCUT2D eigenvalue weighted by Gasteiger charge is 2.30. The molecule has 26 heavy (non-hydrogen) atoms. The molecule has 7 heteroatoms. The molecule has 0 aliphatic heterocycles. The molecule has 1 aromatic heterocycles. The van der Waals surface area contributed by atoms with E-state index in [0.29, 0.717) is 16.8 Å². The van der Waals surface area contributed by atoms with Gasteiger partial charge in [0.15, 0.2) is 0 Å². The molecule has 132 valence electrons. The number of carbonyl (C=O) groups is 1. The highest BCUT2D eigenvalue weighted by molar-refractivity contribution is 9.10. The molecule has 0 aliphatic carbocycles. The lowest BCUT2D eigenvalue weighted by Crippen LogP contribution is -2.11. The van der Waals surface area contributed by atoms with Crippen molar-refractivity contribution in [3.8, 4) is 11.3 Å². The lowest BCUT2D eigenvalue weighted by atomic mass is 10.1. The van der Waals surface area contributed by atoms with E-state index in [4.69, 9.17) is 0 Å². The smallest absolute Gasteiger partial charge is 0.322 e. The van der Waals surface area contributed by atoms with Crippen molar-refractivity contribution in [1.29, 1.82) is 0 Å². The maximum atomic E-state index is 12.8. The summed E-state index contributed by atoms with van der Waals surface area (Å²) in [5, 5.41) is 2.75. The second-order valence-corrected chi connectivity index (χ2v) is 6.39. The predicted molar refractivity (Wildman–Crippen MR) is 96.8 cm³/mol. The molecule has 1 N–H and O–H groups in total. The van der Waals surface area contributed by atoms with Crippen LogP contribution in [0.3, 0.4) is 0 Å². The Morgan fingerprint density at radius 2 is 1.73 bits per heavy atom. The van der Waals surface area contributed by atoms with Gasteiger partial charge in [-0.1, -0.05) is 34.1 Å². The first-order chi connectivity index (χ1) is 12.3. The predicted octanol–water partition coefficient (Wildman–Crippen LogP) is 5.78. The standard InChI is InChI=1S/C19H12BrF3N2O/c20-15-2-1-3-16(11-15)25-18(26)13-6-4-12(5-7-13)17-10-14(8-9-24-17)19(21,22)23/h1-11H,(H,25,26). The first-order valence-electron chi connectivity index (χ1n) is 7.53. The summed E-state index contributed by atoms with van der Waals surface area (Å²) in [5.74, 6) is -0.313. The molecular weight excluding hydrogens is 409 g/mol. The molecule has 0 fully saturated rings. The fraction of sp³-hybridized carbons (Fsp3) is 0.0526. The van der Waals surface area contributed by atoms with Crippen molar-refractivity contribution in [2.45, 2.75) is 6.18 Å². The molecule has 1 heterocycles. The SMILES string of the molecule is O=C(Nc1cccc(Br)c1)c1ccc(-c2cc(C(F)(F)F)ccn2)cc1. The number of pyridine rings is 1. The first-order valence-corrected chi connectivity index (χ1v) is 8.33. The molecule has 0 unspecified atom stereocenters. The van der Waals surface area contributed by atoms with Crippen LogP contribution in [0.2, 0.25) is 0 Å². The normalized spacial score (nSPS) is 11.2. The summed E-state index contributed by atoms with van der Waals surface area (Å²) in [4.78, 5) is 16.2. The fourth-order valence-corrected chi connectivity index (χ4v) is 2.73. The zero-order valence-electron chi connectivity index (χ0n) is 13.2. The Morgan fingerprint density at radius 1 is 1.00 bits per heavy atom. The Kier molecular flexibility index (Phi) is 5.08. The number of halogens is 4. The Hall–Kier alpha value is -2.67. The average molecular weight is 421 g/mol. The summed E-state index contributed by atoms with van der Waals surface area (Å²) >= 11 is 3.33. The molecule has 2 aromatic carbocycles. The number of benzene rings is 2. The molecule has 0 saturated carbocycles. The molecule has 1 amide bonds. The number of hydrogen-bond acceptors (Lipinski definition) is 2. The number of rotatable bonds is 3. The quantitative estimate of drug-likeness (QED) is 0.583. The molecule has 0 atom stereocenters. The summed E-state index contributed by atoms with van der Waals surface area (Å²) in [7, 11) is 0. The van der Waals surface area contributed by atoms with Crippen LogP contribution in [0, 0.1) is 0 Å². The van der Waals surface area contributed by atoms with Gasteiger partial charge in [0.25, 0.3) is 5.91 Å². The zero-order chi connectivity index (χ0) is 18.7. The molecule has 0 spiro atoms. The maximum absolute atomic E-state index is 12.8. The van der Waals surface area contributed by atoms with Gasteiger partial charge in [0.05, 0.1) is 11.3 Å². The van der Waals surface area contributed by atoms with Gasteiger partial charge in [0.2, 0.25) is 0 Å². The van der Waals surface area contributed by atoms with Crippen molar-refractivity contribution in [3.05, 3.63) is 82.5 Å². The van der Waals surface area contributed by atoms with E-state index >= 15 is 0 Å². The number of hydrogen-bond donors (Lipinski definition) is 1. The topological polar surface area (TPSA) is 42.0 Å². The third-order valence-electron chi connectivity index (χ3n) is 3.61. The lowest BCUT2D eigenvalue weighted by Gasteiger charge is -2.09. The average Bonchev–Trinajstić information content (AvgIpc) is 2.61. The fourth-order valence-electron chi connectivity index (χ4n) is 2.33. The van der Waals surface area contributed by atoms with Crippen LogP contribution in [0.5, 0.6) is 0 Å². The van der Waals surface area contributed by atoms with Crippen molar-refractivity contribution < 1.29 is 18.0 Å². The Labute approximate surface area is 156 Å². The van der Waals surface area contributed by atoms with Gasteiger partial charge >= 0.3 is 6.18 Å². The molecule has 3 aromatic rings. The van der Waals surface area contributed by atoms with Crippen LogP contribution in [0.4, 0.5) is 18.9 Å². The highest BCUT2D eigenvalue weighted by atomic mass is 79.9. The monoisotopic (exact) mass is 420 g/mol. The van der Waals surface area contributed by atoms with Gasteiger partial charge in [-0.15, -0.1) is 0 Å². The summed E-state index contributed by atoms with van der Waals surface area (Å²) in [6, 6.07) is 15.3. The van der Waals surface area contributed by atoms with Crippen molar-refractivity contribution in [2.24, 2.45) is 0 Å². The van der Waals surface area contributed by atoms with Gasteiger partial charge in [-0.25, -0.2) is 0 Å². The lowest BCUT2D eigenvalue weighted by molar-refractivity contribution is -0.137. The Morgan fingerprint density at radius 3 is 2.38 bits per heavy atom. The summed E-state index contributed by atoms with van der Waals surface area (Å²) in [6.45, 7) is 0. The van der Waals surface area contributed by atoms with Crippen LogP contribution in [-0.2, 0) is 6.18 Å². The minimum absolute atomic E-state index is 0.193. The van der Waals surface area contributed by atoms with E-state index in [-0.39, 0.29) is 11.6 Å². The summed E-state index contributed by atoms with van der Waals surface area (Å²) < 4.78 is 39.2. The van der Waals surface area contributed by atoms with E-state index in [1.54, 1.807) is 42.5 Å². The third kappa shape index (κ3) is 4.29. The van der Waals surface area contributed by atoms with Crippen LogP contribution < -0.4 is 5.32 Å². The van der Waals surface area contributed by atoms with Gasteiger partial charge in [-0.05, 0) is 42.5 Å². The van der Waals surface area contributed by atoms with Gasteiger partial charge in [-0.3, -0.25) is 9.78 Å². The van der Waals surface area contributed by atoms with Crippen LogP contribution in [0.15, 0.2) is 71.3 Å². The number of aromatic nitrogens is 1.